The Kier molecular flexibility index (Phi) is 4.26. The molecule has 0 aromatic heterocycles. The van der Waals surface area contributed by atoms with Crippen LogP contribution in [-0.2, 0) is 6.42 Å². The van der Waals surface area contributed by atoms with Gasteiger partial charge in [-0.2, -0.15) is 0 Å². The number of methoxy groups -OCH3 is 1. The first-order valence-electron chi connectivity index (χ1n) is 4.81. The van der Waals surface area contributed by atoms with E-state index < -0.39 is 0 Å². The van der Waals surface area contributed by atoms with Crippen molar-refractivity contribution in [3.8, 4) is 11.5 Å². The predicted molar refractivity (Wildman–Crippen MR) is 56.9 cm³/mol. The second-order valence-corrected chi connectivity index (χ2v) is 2.95. The van der Waals surface area contributed by atoms with E-state index in [1.807, 2.05) is 25.1 Å². The van der Waals surface area contributed by atoms with Crippen molar-refractivity contribution in [1.82, 2.24) is 0 Å². The molecule has 0 aliphatic rings. The maximum Gasteiger partial charge on any atom is 0.126 e. The average molecular weight is 195 g/mol. The van der Waals surface area contributed by atoms with Crippen LogP contribution in [0.5, 0.6) is 11.5 Å². The molecule has 0 heterocycles. The van der Waals surface area contributed by atoms with Crippen LogP contribution in [0.4, 0.5) is 0 Å². The highest BCUT2D eigenvalue weighted by molar-refractivity contribution is 5.40. The van der Waals surface area contributed by atoms with Gasteiger partial charge in [-0.1, -0.05) is 6.07 Å². The summed E-state index contributed by atoms with van der Waals surface area (Å²) in [4.78, 5) is 0. The largest absolute Gasteiger partial charge is 0.497 e. The Morgan fingerprint density at radius 1 is 1.36 bits per heavy atom. The van der Waals surface area contributed by atoms with E-state index in [1.54, 1.807) is 7.11 Å². The molecule has 0 amide bonds. The number of hydrogen-bond donors (Lipinski definition) is 1. The molecule has 3 heteroatoms. The molecule has 3 nitrogen and oxygen atoms in total. The Morgan fingerprint density at radius 3 is 2.71 bits per heavy atom. The Bertz CT molecular complexity index is 287. The number of rotatable bonds is 5. The zero-order valence-corrected chi connectivity index (χ0v) is 8.75. The van der Waals surface area contributed by atoms with E-state index in [-0.39, 0.29) is 0 Å². The van der Waals surface area contributed by atoms with Gasteiger partial charge in [0.1, 0.15) is 11.5 Å². The normalized spacial score (nSPS) is 9.93. The van der Waals surface area contributed by atoms with Gasteiger partial charge >= 0.3 is 0 Å². The zero-order chi connectivity index (χ0) is 10.4. The minimum absolute atomic E-state index is 0.631. The molecule has 1 aromatic rings. The maximum atomic E-state index is 5.51. The van der Waals surface area contributed by atoms with Gasteiger partial charge in [0.25, 0.3) is 0 Å². The summed E-state index contributed by atoms with van der Waals surface area (Å²) in [6.07, 6.45) is 0.833. The van der Waals surface area contributed by atoms with E-state index in [1.165, 1.54) is 0 Å². The lowest BCUT2D eigenvalue weighted by atomic mass is 10.1. The molecule has 0 fully saturated rings. The molecule has 1 aromatic carbocycles. The van der Waals surface area contributed by atoms with Crippen LogP contribution in [0.25, 0.3) is 0 Å². The van der Waals surface area contributed by atoms with Gasteiger partial charge in [-0.25, -0.2) is 0 Å². The first-order valence-corrected chi connectivity index (χ1v) is 4.81. The lowest BCUT2D eigenvalue weighted by Crippen LogP contribution is -2.05. The molecule has 78 valence electrons. The van der Waals surface area contributed by atoms with Crippen molar-refractivity contribution < 1.29 is 9.47 Å². The Morgan fingerprint density at radius 2 is 2.14 bits per heavy atom. The van der Waals surface area contributed by atoms with Crippen molar-refractivity contribution in [3.05, 3.63) is 23.8 Å². The maximum absolute atomic E-state index is 5.51. The molecule has 0 aliphatic heterocycles. The van der Waals surface area contributed by atoms with Crippen LogP contribution >= 0.6 is 0 Å². The number of benzene rings is 1. The number of ether oxygens (including phenoxy) is 2. The van der Waals surface area contributed by atoms with Crippen LogP contribution < -0.4 is 15.2 Å². The van der Waals surface area contributed by atoms with Crippen molar-refractivity contribution in [2.75, 3.05) is 20.3 Å². The van der Waals surface area contributed by atoms with E-state index in [2.05, 4.69) is 0 Å². The third-order valence-electron chi connectivity index (χ3n) is 1.99. The van der Waals surface area contributed by atoms with Crippen LogP contribution in [0.3, 0.4) is 0 Å². The molecule has 2 N–H and O–H groups in total. The molecule has 0 atom stereocenters. The highest BCUT2D eigenvalue weighted by Gasteiger charge is 2.04. The Labute approximate surface area is 84.8 Å². The fourth-order valence-corrected chi connectivity index (χ4v) is 1.31. The van der Waals surface area contributed by atoms with Crippen molar-refractivity contribution >= 4 is 0 Å². The van der Waals surface area contributed by atoms with Gasteiger partial charge in [0, 0.05) is 6.07 Å². The first kappa shape index (κ1) is 10.9. The lowest BCUT2D eigenvalue weighted by molar-refractivity contribution is 0.332. The molecular formula is C11H17NO2. The molecule has 0 aliphatic carbocycles. The quantitative estimate of drug-likeness (QED) is 0.776. The van der Waals surface area contributed by atoms with Crippen LogP contribution in [0.15, 0.2) is 18.2 Å². The fraction of sp³-hybridized carbons (Fsp3) is 0.455. The first-order chi connectivity index (χ1) is 6.81. The number of hydrogen-bond acceptors (Lipinski definition) is 3. The van der Waals surface area contributed by atoms with E-state index in [0.717, 1.165) is 23.5 Å². The van der Waals surface area contributed by atoms with Crippen LogP contribution in [0, 0.1) is 0 Å². The lowest BCUT2D eigenvalue weighted by Gasteiger charge is -2.10. The van der Waals surface area contributed by atoms with Crippen LogP contribution in [0.1, 0.15) is 12.5 Å². The monoisotopic (exact) mass is 195 g/mol. The summed E-state index contributed by atoms with van der Waals surface area (Å²) in [5.74, 6) is 1.69. The highest BCUT2D eigenvalue weighted by Crippen LogP contribution is 2.24. The molecular weight excluding hydrogens is 178 g/mol. The second kappa shape index (κ2) is 5.50. The molecule has 0 saturated heterocycles. The molecule has 14 heavy (non-hydrogen) atoms. The number of nitrogens with two attached hydrogens (primary N) is 1. The van der Waals surface area contributed by atoms with Gasteiger partial charge in [-0.05, 0) is 31.5 Å². The summed E-state index contributed by atoms with van der Waals surface area (Å²) in [6, 6.07) is 5.82. The topological polar surface area (TPSA) is 44.5 Å². The van der Waals surface area contributed by atoms with Crippen LogP contribution in [0.2, 0.25) is 0 Å². The standard InChI is InChI=1S/C11H17NO2/c1-3-14-11-8-10(13-2)5-4-9(11)6-7-12/h4-5,8H,3,6-7,12H2,1-2H3. The summed E-state index contributed by atoms with van der Waals surface area (Å²) in [7, 11) is 1.65. The third-order valence-corrected chi connectivity index (χ3v) is 1.99. The predicted octanol–water partition coefficient (Wildman–Crippen LogP) is 1.60. The summed E-state index contributed by atoms with van der Waals surface area (Å²) in [6.45, 7) is 3.25. The molecule has 0 unspecified atom stereocenters. The van der Waals surface area contributed by atoms with Crippen molar-refractivity contribution in [1.29, 1.82) is 0 Å². The molecule has 0 radical (unpaired) electrons. The molecule has 0 saturated carbocycles. The van der Waals surface area contributed by atoms with E-state index in [0.29, 0.717) is 13.2 Å². The third kappa shape index (κ3) is 2.64. The minimum atomic E-state index is 0.631. The van der Waals surface area contributed by atoms with Gasteiger partial charge < -0.3 is 15.2 Å². The van der Waals surface area contributed by atoms with Gasteiger partial charge in [0.15, 0.2) is 0 Å². The van der Waals surface area contributed by atoms with E-state index in [9.17, 15) is 0 Å². The molecule has 1 rings (SSSR count). The van der Waals surface area contributed by atoms with Crippen molar-refractivity contribution in [2.45, 2.75) is 13.3 Å². The fourth-order valence-electron chi connectivity index (χ4n) is 1.31. The Hall–Kier alpha value is -1.22. The van der Waals surface area contributed by atoms with Gasteiger partial charge in [-0.15, -0.1) is 0 Å². The van der Waals surface area contributed by atoms with Crippen LogP contribution in [-0.4, -0.2) is 20.3 Å². The van der Waals surface area contributed by atoms with Crippen molar-refractivity contribution in [2.24, 2.45) is 5.73 Å². The van der Waals surface area contributed by atoms with Gasteiger partial charge in [-0.3, -0.25) is 0 Å². The molecule has 0 bridgehead atoms. The average Bonchev–Trinajstić information content (AvgIpc) is 2.21. The molecule has 0 spiro atoms. The van der Waals surface area contributed by atoms with E-state index >= 15 is 0 Å². The van der Waals surface area contributed by atoms with Crippen molar-refractivity contribution in [3.63, 3.8) is 0 Å². The summed E-state index contributed by atoms with van der Waals surface area (Å²) >= 11 is 0. The summed E-state index contributed by atoms with van der Waals surface area (Å²) in [5, 5.41) is 0. The minimum Gasteiger partial charge on any atom is -0.497 e. The summed E-state index contributed by atoms with van der Waals surface area (Å²) < 4.78 is 10.6. The smallest absolute Gasteiger partial charge is 0.126 e. The SMILES string of the molecule is CCOc1cc(OC)ccc1CCN. The second-order valence-electron chi connectivity index (χ2n) is 2.95. The van der Waals surface area contributed by atoms with Gasteiger partial charge in [0.2, 0.25) is 0 Å². The zero-order valence-electron chi connectivity index (χ0n) is 8.75. The Balaban J connectivity index is 2.91. The van der Waals surface area contributed by atoms with Gasteiger partial charge in [0.05, 0.1) is 13.7 Å². The highest BCUT2D eigenvalue weighted by atomic mass is 16.5. The van der Waals surface area contributed by atoms with E-state index in [4.69, 9.17) is 15.2 Å². The summed E-state index contributed by atoms with van der Waals surface area (Å²) in [5.41, 5.74) is 6.64.